The van der Waals surface area contributed by atoms with Crippen LogP contribution in [0.3, 0.4) is 0 Å². The highest BCUT2D eigenvalue weighted by atomic mass is 32.1. The zero-order chi connectivity index (χ0) is 22.4. The van der Waals surface area contributed by atoms with Crippen molar-refractivity contribution in [1.29, 1.82) is 0 Å². The van der Waals surface area contributed by atoms with Crippen LogP contribution in [0.4, 0.5) is 0 Å². The fourth-order valence-electron chi connectivity index (χ4n) is 3.09. The quantitative estimate of drug-likeness (QED) is 0.495. The van der Waals surface area contributed by atoms with Crippen LogP contribution in [0.1, 0.15) is 24.2 Å². The molecule has 0 atom stereocenters. The van der Waals surface area contributed by atoms with Crippen molar-refractivity contribution in [2.75, 3.05) is 27.4 Å². The van der Waals surface area contributed by atoms with E-state index in [-0.39, 0.29) is 18.7 Å². The maximum atomic E-state index is 13.1. The predicted octanol–water partition coefficient (Wildman–Crippen LogP) is 3.42. The van der Waals surface area contributed by atoms with E-state index in [4.69, 9.17) is 18.9 Å². The molecule has 0 spiro atoms. The molecule has 31 heavy (non-hydrogen) atoms. The van der Waals surface area contributed by atoms with Crippen LogP contribution < -0.4 is 19.0 Å². The van der Waals surface area contributed by atoms with E-state index in [2.05, 4.69) is 4.99 Å². The summed E-state index contributed by atoms with van der Waals surface area (Å²) in [6.45, 7) is 4.37. The lowest BCUT2D eigenvalue weighted by molar-refractivity contribution is -0.143. The SMILES string of the molecule is CCOC(=O)Cn1c(=NC(=O)c2c(OC)cccc2OC)sc2cc(OCC)ccc21. The van der Waals surface area contributed by atoms with Crippen LogP contribution in [-0.4, -0.2) is 43.9 Å². The van der Waals surface area contributed by atoms with Crippen LogP contribution in [0.2, 0.25) is 0 Å². The van der Waals surface area contributed by atoms with Gasteiger partial charge in [0.15, 0.2) is 4.80 Å². The number of fused-ring (bicyclic) bond motifs is 1. The maximum absolute atomic E-state index is 13.1. The summed E-state index contributed by atoms with van der Waals surface area (Å²) in [6, 6.07) is 10.6. The Morgan fingerprint density at radius 2 is 1.74 bits per heavy atom. The number of carbonyl (C=O) groups excluding carboxylic acids is 2. The van der Waals surface area contributed by atoms with Crippen molar-refractivity contribution in [1.82, 2.24) is 4.57 Å². The molecule has 0 aliphatic heterocycles. The lowest BCUT2D eigenvalue weighted by Crippen LogP contribution is -2.23. The van der Waals surface area contributed by atoms with E-state index in [0.717, 1.165) is 10.2 Å². The highest BCUT2D eigenvalue weighted by Gasteiger charge is 2.19. The van der Waals surface area contributed by atoms with Gasteiger partial charge in [0.25, 0.3) is 5.91 Å². The summed E-state index contributed by atoms with van der Waals surface area (Å²) in [6.07, 6.45) is 0. The number of hydrogen-bond acceptors (Lipinski definition) is 7. The molecule has 0 saturated heterocycles. The Labute approximate surface area is 183 Å². The fraction of sp³-hybridized carbons (Fsp3) is 0.318. The van der Waals surface area contributed by atoms with Crippen molar-refractivity contribution in [2.24, 2.45) is 4.99 Å². The van der Waals surface area contributed by atoms with Crippen molar-refractivity contribution >= 4 is 33.4 Å². The summed E-state index contributed by atoms with van der Waals surface area (Å²) in [7, 11) is 2.95. The molecule has 3 aromatic rings. The van der Waals surface area contributed by atoms with Crippen LogP contribution in [-0.2, 0) is 16.1 Å². The lowest BCUT2D eigenvalue weighted by atomic mass is 10.1. The number of carbonyl (C=O) groups is 2. The Balaban J connectivity index is 2.16. The predicted molar refractivity (Wildman–Crippen MR) is 117 cm³/mol. The number of nitrogens with zero attached hydrogens (tertiary/aromatic N) is 2. The molecular weight excluding hydrogens is 420 g/mol. The first-order chi connectivity index (χ1) is 15.0. The first kappa shape index (κ1) is 22.4. The Hall–Kier alpha value is -3.33. The number of esters is 1. The van der Waals surface area contributed by atoms with E-state index in [1.165, 1.54) is 25.6 Å². The smallest absolute Gasteiger partial charge is 0.326 e. The van der Waals surface area contributed by atoms with Gasteiger partial charge in [-0.1, -0.05) is 17.4 Å². The molecule has 0 radical (unpaired) electrons. The van der Waals surface area contributed by atoms with Gasteiger partial charge in [-0.25, -0.2) is 0 Å². The van der Waals surface area contributed by atoms with Crippen molar-refractivity contribution in [3.63, 3.8) is 0 Å². The molecule has 9 heteroatoms. The summed E-state index contributed by atoms with van der Waals surface area (Å²) < 4.78 is 23.8. The van der Waals surface area contributed by atoms with E-state index in [0.29, 0.717) is 28.7 Å². The number of amides is 1. The second-order valence-corrected chi connectivity index (χ2v) is 7.30. The Morgan fingerprint density at radius 3 is 2.35 bits per heavy atom. The highest BCUT2D eigenvalue weighted by Crippen LogP contribution is 2.29. The molecule has 0 N–H and O–H groups in total. The zero-order valence-electron chi connectivity index (χ0n) is 17.8. The van der Waals surface area contributed by atoms with E-state index in [9.17, 15) is 9.59 Å². The summed E-state index contributed by atoms with van der Waals surface area (Å²) in [4.78, 5) is 30.0. The molecule has 2 aromatic carbocycles. The third-order valence-electron chi connectivity index (χ3n) is 4.40. The Kier molecular flexibility index (Phi) is 7.30. The summed E-state index contributed by atoms with van der Waals surface area (Å²) in [5.41, 5.74) is 0.961. The number of hydrogen-bond donors (Lipinski definition) is 0. The van der Waals surface area contributed by atoms with Crippen molar-refractivity contribution in [3.05, 3.63) is 46.8 Å². The molecule has 0 saturated carbocycles. The van der Waals surface area contributed by atoms with Gasteiger partial charge in [-0.05, 0) is 44.2 Å². The van der Waals surface area contributed by atoms with Crippen LogP contribution in [0, 0.1) is 0 Å². The van der Waals surface area contributed by atoms with E-state index >= 15 is 0 Å². The van der Waals surface area contributed by atoms with E-state index in [1.807, 2.05) is 25.1 Å². The van der Waals surface area contributed by atoms with Crippen molar-refractivity contribution < 1.29 is 28.5 Å². The van der Waals surface area contributed by atoms with Crippen LogP contribution in [0.5, 0.6) is 17.2 Å². The summed E-state index contributed by atoms with van der Waals surface area (Å²) in [5.74, 6) is 0.446. The molecule has 164 valence electrons. The first-order valence-corrected chi connectivity index (χ1v) is 10.6. The number of ether oxygens (including phenoxy) is 4. The third-order valence-corrected chi connectivity index (χ3v) is 5.44. The molecule has 1 aromatic heterocycles. The van der Waals surface area contributed by atoms with E-state index in [1.54, 1.807) is 29.7 Å². The second kappa shape index (κ2) is 10.1. The minimum absolute atomic E-state index is 0.0724. The molecule has 8 nitrogen and oxygen atoms in total. The van der Waals surface area contributed by atoms with Crippen LogP contribution in [0.25, 0.3) is 10.2 Å². The topological polar surface area (TPSA) is 88.4 Å². The standard InChI is InChI=1S/C22H24N2O6S/c1-5-29-14-10-11-15-18(12-14)31-22(24(15)13-19(25)30-6-2)23-21(26)20-16(27-3)8-7-9-17(20)28-4/h7-12H,5-6,13H2,1-4H3. The van der Waals surface area contributed by atoms with Crippen molar-refractivity contribution in [3.8, 4) is 17.2 Å². The molecule has 1 heterocycles. The van der Waals surface area contributed by atoms with Gasteiger partial charge in [-0.3, -0.25) is 9.59 Å². The van der Waals surface area contributed by atoms with Gasteiger partial charge in [-0.15, -0.1) is 0 Å². The molecule has 0 aliphatic rings. The van der Waals surface area contributed by atoms with E-state index < -0.39 is 11.9 Å². The zero-order valence-corrected chi connectivity index (χ0v) is 18.7. The molecule has 0 bridgehead atoms. The van der Waals surface area contributed by atoms with Gasteiger partial charge in [0.05, 0.1) is 37.6 Å². The minimum Gasteiger partial charge on any atom is -0.496 e. The molecule has 0 fully saturated rings. The van der Waals surface area contributed by atoms with Gasteiger partial charge in [0, 0.05) is 0 Å². The van der Waals surface area contributed by atoms with Gasteiger partial charge in [0.2, 0.25) is 0 Å². The summed E-state index contributed by atoms with van der Waals surface area (Å²) in [5, 5.41) is 0. The number of methoxy groups -OCH3 is 2. The van der Waals surface area contributed by atoms with Gasteiger partial charge >= 0.3 is 5.97 Å². The average molecular weight is 445 g/mol. The van der Waals surface area contributed by atoms with Gasteiger partial charge in [0.1, 0.15) is 29.4 Å². The highest BCUT2D eigenvalue weighted by molar-refractivity contribution is 7.16. The largest absolute Gasteiger partial charge is 0.496 e. The van der Waals surface area contributed by atoms with Crippen LogP contribution in [0.15, 0.2) is 41.4 Å². The number of aromatic nitrogens is 1. The molecule has 0 unspecified atom stereocenters. The molecule has 1 amide bonds. The minimum atomic E-state index is -0.538. The number of benzene rings is 2. The normalized spacial score (nSPS) is 11.4. The molecule has 3 rings (SSSR count). The molecular formula is C22H24N2O6S. The second-order valence-electron chi connectivity index (χ2n) is 6.29. The maximum Gasteiger partial charge on any atom is 0.326 e. The number of thiazole rings is 1. The lowest BCUT2D eigenvalue weighted by Gasteiger charge is -2.10. The molecule has 0 aliphatic carbocycles. The van der Waals surface area contributed by atoms with Gasteiger partial charge in [-0.2, -0.15) is 4.99 Å². The van der Waals surface area contributed by atoms with Crippen molar-refractivity contribution in [2.45, 2.75) is 20.4 Å². The first-order valence-electron chi connectivity index (χ1n) is 9.74. The monoisotopic (exact) mass is 444 g/mol. The third kappa shape index (κ3) is 4.88. The average Bonchev–Trinajstić information content (AvgIpc) is 3.09. The van der Waals surface area contributed by atoms with Crippen LogP contribution >= 0.6 is 11.3 Å². The Morgan fingerprint density at radius 1 is 1.03 bits per heavy atom. The number of rotatable bonds is 8. The van der Waals surface area contributed by atoms with Gasteiger partial charge < -0.3 is 23.5 Å². The Bertz CT molecular complexity index is 1140. The summed E-state index contributed by atoms with van der Waals surface area (Å²) >= 11 is 1.28. The fourth-order valence-corrected chi connectivity index (χ4v) is 4.14.